The van der Waals surface area contributed by atoms with Crippen LogP contribution in [0.1, 0.15) is 18.9 Å². The molecule has 5 nitrogen and oxygen atoms in total. The summed E-state index contributed by atoms with van der Waals surface area (Å²) in [5, 5.41) is 6.10. The van der Waals surface area contributed by atoms with Gasteiger partial charge in [-0.1, -0.05) is 6.07 Å². The highest BCUT2D eigenvalue weighted by Crippen LogP contribution is 2.21. The van der Waals surface area contributed by atoms with Crippen LogP contribution >= 0.6 is 0 Å². The number of nitrogens with one attached hydrogen (secondary N) is 2. The Labute approximate surface area is 114 Å². The van der Waals surface area contributed by atoms with Crippen molar-refractivity contribution in [2.45, 2.75) is 19.8 Å². The molecule has 0 saturated carbocycles. The first-order valence-corrected chi connectivity index (χ1v) is 6.51. The van der Waals surface area contributed by atoms with E-state index in [4.69, 9.17) is 10.5 Å². The number of rotatable bonds is 8. The molecule has 0 atom stereocenters. The lowest BCUT2D eigenvalue weighted by Gasteiger charge is -2.08. The van der Waals surface area contributed by atoms with Gasteiger partial charge >= 0.3 is 0 Å². The standard InChI is InChI=1S/C14H23N3O2/c1-11(18)17-8-3-7-16-9-6-12-4-5-14(19-2)13(15)10-12/h4-5,10,16H,3,6-9,15H2,1-2H3,(H,17,18). The minimum atomic E-state index is 0.0220. The van der Waals surface area contributed by atoms with Gasteiger partial charge in [0.25, 0.3) is 0 Å². The Kier molecular flexibility index (Phi) is 6.74. The predicted octanol–water partition coefficient (Wildman–Crippen LogP) is 0.936. The molecule has 4 N–H and O–H groups in total. The van der Waals surface area contributed by atoms with Crippen molar-refractivity contribution >= 4 is 11.6 Å². The minimum Gasteiger partial charge on any atom is -0.495 e. The van der Waals surface area contributed by atoms with E-state index in [0.29, 0.717) is 11.4 Å². The van der Waals surface area contributed by atoms with Crippen LogP contribution in [0.2, 0.25) is 0 Å². The molecule has 0 aromatic heterocycles. The van der Waals surface area contributed by atoms with Gasteiger partial charge in [-0.05, 0) is 43.6 Å². The molecule has 0 radical (unpaired) electrons. The summed E-state index contributed by atoms with van der Waals surface area (Å²) in [5.74, 6) is 0.737. The number of anilines is 1. The Bertz CT molecular complexity index is 408. The average molecular weight is 265 g/mol. The molecule has 0 heterocycles. The molecule has 0 aliphatic carbocycles. The second-order valence-corrected chi connectivity index (χ2v) is 4.41. The minimum absolute atomic E-state index is 0.0220. The van der Waals surface area contributed by atoms with Crippen molar-refractivity contribution < 1.29 is 9.53 Å². The number of methoxy groups -OCH3 is 1. The van der Waals surface area contributed by atoms with Crippen molar-refractivity contribution in [3.63, 3.8) is 0 Å². The van der Waals surface area contributed by atoms with Gasteiger partial charge in [-0.2, -0.15) is 0 Å². The van der Waals surface area contributed by atoms with Crippen molar-refractivity contribution in [1.29, 1.82) is 0 Å². The van der Waals surface area contributed by atoms with Crippen molar-refractivity contribution in [2.75, 3.05) is 32.5 Å². The molecule has 1 aromatic carbocycles. The van der Waals surface area contributed by atoms with Crippen molar-refractivity contribution in [3.8, 4) is 5.75 Å². The predicted molar refractivity (Wildman–Crippen MR) is 77.3 cm³/mol. The SMILES string of the molecule is COc1ccc(CCNCCCNC(C)=O)cc1N. The van der Waals surface area contributed by atoms with Crippen LogP contribution in [0.15, 0.2) is 18.2 Å². The van der Waals surface area contributed by atoms with Crippen molar-refractivity contribution in [3.05, 3.63) is 23.8 Å². The third-order valence-corrected chi connectivity index (χ3v) is 2.79. The molecule has 106 valence electrons. The first-order valence-electron chi connectivity index (χ1n) is 6.51. The third kappa shape index (κ3) is 6.10. The van der Waals surface area contributed by atoms with Gasteiger partial charge in [0.1, 0.15) is 5.75 Å². The normalized spacial score (nSPS) is 10.2. The summed E-state index contributed by atoms with van der Waals surface area (Å²) in [6.07, 6.45) is 1.86. The maximum Gasteiger partial charge on any atom is 0.216 e. The number of ether oxygens (including phenoxy) is 1. The summed E-state index contributed by atoms with van der Waals surface area (Å²) in [5.41, 5.74) is 7.70. The fourth-order valence-electron chi connectivity index (χ4n) is 1.77. The average Bonchev–Trinajstić information content (AvgIpc) is 2.37. The lowest BCUT2D eigenvalue weighted by atomic mass is 10.1. The van der Waals surface area contributed by atoms with E-state index in [-0.39, 0.29) is 5.91 Å². The second-order valence-electron chi connectivity index (χ2n) is 4.41. The Morgan fingerprint density at radius 1 is 1.32 bits per heavy atom. The van der Waals surface area contributed by atoms with Gasteiger partial charge in [-0.15, -0.1) is 0 Å². The van der Waals surface area contributed by atoms with E-state index in [9.17, 15) is 4.79 Å². The maximum absolute atomic E-state index is 10.6. The largest absolute Gasteiger partial charge is 0.495 e. The number of amides is 1. The zero-order chi connectivity index (χ0) is 14.1. The van der Waals surface area contributed by atoms with Crippen LogP contribution in [0.25, 0.3) is 0 Å². The van der Waals surface area contributed by atoms with Crippen LogP contribution in [0.5, 0.6) is 5.75 Å². The van der Waals surface area contributed by atoms with E-state index < -0.39 is 0 Å². The zero-order valence-electron chi connectivity index (χ0n) is 11.7. The molecule has 1 rings (SSSR count). The molecule has 0 aliphatic rings. The lowest BCUT2D eigenvalue weighted by molar-refractivity contribution is -0.118. The quantitative estimate of drug-likeness (QED) is 0.483. The van der Waals surface area contributed by atoms with Crippen LogP contribution in [-0.2, 0) is 11.2 Å². The Balaban J connectivity index is 2.15. The molecule has 5 heteroatoms. The molecule has 19 heavy (non-hydrogen) atoms. The van der Waals surface area contributed by atoms with E-state index >= 15 is 0 Å². The summed E-state index contributed by atoms with van der Waals surface area (Å²) in [6.45, 7) is 4.04. The number of benzene rings is 1. The fraction of sp³-hybridized carbons (Fsp3) is 0.500. The summed E-state index contributed by atoms with van der Waals surface area (Å²) < 4.78 is 5.11. The highest BCUT2D eigenvalue weighted by molar-refractivity contribution is 5.72. The highest BCUT2D eigenvalue weighted by atomic mass is 16.5. The van der Waals surface area contributed by atoms with Crippen LogP contribution in [0.4, 0.5) is 5.69 Å². The van der Waals surface area contributed by atoms with Crippen molar-refractivity contribution in [2.24, 2.45) is 0 Å². The van der Waals surface area contributed by atoms with Gasteiger partial charge < -0.3 is 21.1 Å². The first-order chi connectivity index (χ1) is 9.13. The molecule has 1 aromatic rings. The molecule has 0 saturated heterocycles. The number of hydrogen-bond donors (Lipinski definition) is 3. The van der Waals surface area contributed by atoms with Crippen LogP contribution in [-0.4, -0.2) is 32.7 Å². The first kappa shape index (κ1) is 15.3. The number of carbonyl (C=O) groups is 1. The Morgan fingerprint density at radius 2 is 2.11 bits per heavy atom. The zero-order valence-corrected chi connectivity index (χ0v) is 11.7. The number of nitrogen functional groups attached to an aromatic ring is 1. The molecule has 0 aliphatic heterocycles. The van der Waals surface area contributed by atoms with Gasteiger partial charge in [0.15, 0.2) is 0 Å². The number of nitrogens with two attached hydrogens (primary N) is 1. The topological polar surface area (TPSA) is 76.4 Å². The summed E-state index contributed by atoms with van der Waals surface area (Å²) in [6, 6.07) is 5.85. The van der Waals surface area contributed by atoms with Gasteiger partial charge in [-0.25, -0.2) is 0 Å². The van der Waals surface area contributed by atoms with Crippen LogP contribution < -0.4 is 21.1 Å². The fourth-order valence-corrected chi connectivity index (χ4v) is 1.77. The van der Waals surface area contributed by atoms with Gasteiger partial charge in [-0.3, -0.25) is 4.79 Å². The van der Waals surface area contributed by atoms with Crippen LogP contribution in [0.3, 0.4) is 0 Å². The highest BCUT2D eigenvalue weighted by Gasteiger charge is 2.00. The third-order valence-electron chi connectivity index (χ3n) is 2.79. The molecule has 0 spiro atoms. The second kappa shape index (κ2) is 8.37. The van der Waals surface area contributed by atoms with E-state index in [0.717, 1.165) is 32.5 Å². The molecule has 0 bridgehead atoms. The van der Waals surface area contributed by atoms with E-state index in [2.05, 4.69) is 10.6 Å². The van der Waals surface area contributed by atoms with Gasteiger partial charge in [0.05, 0.1) is 12.8 Å². The monoisotopic (exact) mass is 265 g/mol. The Morgan fingerprint density at radius 3 is 2.74 bits per heavy atom. The molecular weight excluding hydrogens is 242 g/mol. The molecule has 1 amide bonds. The summed E-state index contributed by atoms with van der Waals surface area (Å²) >= 11 is 0. The van der Waals surface area contributed by atoms with E-state index in [1.807, 2.05) is 18.2 Å². The van der Waals surface area contributed by atoms with E-state index in [1.54, 1.807) is 7.11 Å². The molecular formula is C14H23N3O2. The summed E-state index contributed by atoms with van der Waals surface area (Å²) in [4.78, 5) is 10.6. The Hall–Kier alpha value is -1.75. The molecule has 0 fully saturated rings. The van der Waals surface area contributed by atoms with Gasteiger partial charge in [0, 0.05) is 13.5 Å². The maximum atomic E-state index is 10.6. The molecule has 0 unspecified atom stereocenters. The lowest BCUT2D eigenvalue weighted by Crippen LogP contribution is -2.26. The number of hydrogen-bond acceptors (Lipinski definition) is 4. The smallest absolute Gasteiger partial charge is 0.216 e. The van der Waals surface area contributed by atoms with Crippen LogP contribution in [0, 0.1) is 0 Å². The van der Waals surface area contributed by atoms with Gasteiger partial charge in [0.2, 0.25) is 5.91 Å². The van der Waals surface area contributed by atoms with E-state index in [1.165, 1.54) is 12.5 Å². The van der Waals surface area contributed by atoms with Crippen molar-refractivity contribution in [1.82, 2.24) is 10.6 Å². The number of carbonyl (C=O) groups excluding carboxylic acids is 1. The summed E-state index contributed by atoms with van der Waals surface area (Å²) in [7, 11) is 1.61.